The molecule has 33 heavy (non-hydrogen) atoms. The number of hydrogen-bond donors (Lipinski definition) is 1. The van der Waals surface area contributed by atoms with Gasteiger partial charge in [0.25, 0.3) is 5.91 Å². The number of nitrogens with zero attached hydrogens (tertiary/aromatic N) is 1. The quantitative estimate of drug-likeness (QED) is 0.220. The molecule has 1 amide bonds. The van der Waals surface area contributed by atoms with Crippen molar-refractivity contribution in [3.63, 3.8) is 0 Å². The predicted octanol–water partition coefficient (Wildman–Crippen LogP) is 7.13. The molecule has 0 spiro atoms. The summed E-state index contributed by atoms with van der Waals surface area (Å²) in [5.41, 5.74) is 2.34. The average Bonchev–Trinajstić information content (AvgIpc) is 2.82. The lowest BCUT2D eigenvalue weighted by atomic mass is 10.1. The summed E-state index contributed by atoms with van der Waals surface area (Å²) in [6.45, 7) is 3.10. The summed E-state index contributed by atoms with van der Waals surface area (Å²) >= 11 is 6.88. The number of ether oxygens (including phenoxy) is 2. The third kappa shape index (κ3) is 7.48. The van der Waals surface area contributed by atoms with Crippen LogP contribution in [0.3, 0.4) is 0 Å². The Hall–Kier alpha value is -3.08. The highest BCUT2D eigenvalue weighted by molar-refractivity contribution is 9.10. The van der Waals surface area contributed by atoms with Gasteiger partial charge in [-0.1, -0.05) is 41.1 Å². The summed E-state index contributed by atoms with van der Waals surface area (Å²) in [6.07, 6.45) is 2.45. The minimum Gasteiger partial charge on any atom is -0.492 e. The second-order valence-electron chi connectivity index (χ2n) is 7.10. The van der Waals surface area contributed by atoms with Crippen LogP contribution in [0.4, 0.5) is 5.69 Å². The predicted molar refractivity (Wildman–Crippen MR) is 137 cm³/mol. The van der Waals surface area contributed by atoms with E-state index in [4.69, 9.17) is 9.47 Å². The van der Waals surface area contributed by atoms with Crippen molar-refractivity contribution in [2.75, 3.05) is 11.9 Å². The van der Waals surface area contributed by atoms with Gasteiger partial charge in [-0.3, -0.25) is 4.79 Å². The number of nitrogens with one attached hydrogen (secondary N) is 1. The van der Waals surface area contributed by atoms with Gasteiger partial charge in [-0.05, 0) is 88.1 Å². The molecule has 0 unspecified atom stereocenters. The van der Waals surface area contributed by atoms with Crippen LogP contribution in [0.15, 0.2) is 81.2 Å². The molecule has 1 N–H and O–H groups in total. The van der Waals surface area contributed by atoms with Crippen LogP contribution in [-0.4, -0.2) is 12.5 Å². The maximum absolute atomic E-state index is 12.6. The summed E-state index contributed by atoms with van der Waals surface area (Å²) in [6, 6.07) is 22.3. The van der Waals surface area contributed by atoms with Crippen LogP contribution in [0.5, 0.6) is 11.5 Å². The first kappa shape index (κ1) is 24.6. The second kappa shape index (κ2) is 12.2. The molecule has 0 radical (unpaired) electrons. The molecule has 3 rings (SSSR count). The molecule has 7 heteroatoms. The smallest absolute Gasteiger partial charge is 0.266 e. The maximum Gasteiger partial charge on any atom is 0.266 e. The molecule has 0 fully saturated rings. The van der Waals surface area contributed by atoms with Crippen molar-refractivity contribution in [3.05, 3.63) is 92.4 Å². The van der Waals surface area contributed by atoms with E-state index >= 15 is 0 Å². The van der Waals surface area contributed by atoms with Crippen LogP contribution in [0.25, 0.3) is 6.08 Å². The Morgan fingerprint density at radius 3 is 2.39 bits per heavy atom. The Labute approximate surface area is 210 Å². The van der Waals surface area contributed by atoms with Crippen molar-refractivity contribution in [1.82, 2.24) is 0 Å². The van der Waals surface area contributed by atoms with E-state index < -0.39 is 5.91 Å². The normalized spacial score (nSPS) is 10.9. The largest absolute Gasteiger partial charge is 0.492 e. The van der Waals surface area contributed by atoms with Gasteiger partial charge in [0, 0.05) is 10.2 Å². The lowest BCUT2D eigenvalue weighted by Crippen LogP contribution is -2.13. The number of carbonyl (C=O) groups excluding carboxylic acids is 1. The molecule has 0 aliphatic carbocycles. The van der Waals surface area contributed by atoms with Crippen LogP contribution in [-0.2, 0) is 11.4 Å². The third-order valence-corrected chi connectivity index (χ3v) is 5.67. The zero-order valence-corrected chi connectivity index (χ0v) is 21.1. The summed E-state index contributed by atoms with van der Waals surface area (Å²) in [4.78, 5) is 12.6. The highest BCUT2D eigenvalue weighted by Crippen LogP contribution is 2.27. The monoisotopic (exact) mass is 568 g/mol. The van der Waals surface area contributed by atoms with E-state index in [1.165, 1.54) is 0 Å². The van der Waals surface area contributed by atoms with Crippen molar-refractivity contribution in [2.24, 2.45) is 0 Å². The van der Waals surface area contributed by atoms with E-state index in [0.29, 0.717) is 30.2 Å². The van der Waals surface area contributed by atoms with Crippen LogP contribution >= 0.6 is 31.9 Å². The second-order valence-corrected chi connectivity index (χ2v) is 8.87. The highest BCUT2D eigenvalue weighted by Gasteiger charge is 2.11. The fourth-order valence-corrected chi connectivity index (χ4v) is 3.61. The van der Waals surface area contributed by atoms with E-state index in [-0.39, 0.29) is 5.57 Å². The van der Waals surface area contributed by atoms with E-state index in [1.54, 1.807) is 36.4 Å². The Balaban J connectivity index is 1.61. The number of halogens is 2. The molecule has 3 aromatic rings. The number of amides is 1. The third-order valence-electron chi connectivity index (χ3n) is 4.52. The summed E-state index contributed by atoms with van der Waals surface area (Å²) in [5, 5.41) is 12.2. The van der Waals surface area contributed by atoms with Crippen molar-refractivity contribution in [3.8, 4) is 17.6 Å². The first-order valence-corrected chi connectivity index (χ1v) is 11.9. The Kier molecular flexibility index (Phi) is 9.11. The first-order chi connectivity index (χ1) is 16.0. The van der Waals surface area contributed by atoms with Gasteiger partial charge in [0.15, 0.2) is 0 Å². The number of anilines is 1. The van der Waals surface area contributed by atoms with Crippen molar-refractivity contribution in [1.29, 1.82) is 5.26 Å². The fourth-order valence-electron chi connectivity index (χ4n) is 2.83. The number of rotatable bonds is 9. The lowest BCUT2D eigenvalue weighted by molar-refractivity contribution is -0.112. The SMILES string of the molecule is CCCOc1ccc(/C=C(\C#N)C(=O)Nc2ccc(OCc3ccc(Br)cc3)cc2)cc1Br. The average molecular weight is 570 g/mol. The number of hydrogen-bond acceptors (Lipinski definition) is 4. The molecule has 0 saturated carbocycles. The molecular weight excluding hydrogens is 548 g/mol. The molecule has 5 nitrogen and oxygen atoms in total. The molecule has 0 saturated heterocycles. The molecule has 0 bridgehead atoms. The van der Waals surface area contributed by atoms with Crippen molar-refractivity contribution in [2.45, 2.75) is 20.0 Å². The Morgan fingerprint density at radius 2 is 1.76 bits per heavy atom. The number of carbonyl (C=O) groups is 1. The van der Waals surface area contributed by atoms with Gasteiger partial charge in [0.1, 0.15) is 29.7 Å². The van der Waals surface area contributed by atoms with Gasteiger partial charge in [-0.15, -0.1) is 0 Å². The van der Waals surface area contributed by atoms with E-state index in [9.17, 15) is 10.1 Å². The van der Waals surface area contributed by atoms with Crippen LogP contribution in [0.2, 0.25) is 0 Å². The molecule has 0 aliphatic heterocycles. The minimum absolute atomic E-state index is 0.000286. The molecule has 0 aliphatic rings. The molecule has 0 atom stereocenters. The van der Waals surface area contributed by atoms with Gasteiger partial charge < -0.3 is 14.8 Å². The summed E-state index contributed by atoms with van der Waals surface area (Å²) in [7, 11) is 0. The van der Waals surface area contributed by atoms with Crippen LogP contribution < -0.4 is 14.8 Å². The molecule has 0 aromatic heterocycles. The zero-order valence-electron chi connectivity index (χ0n) is 18.0. The molecule has 3 aromatic carbocycles. The van der Waals surface area contributed by atoms with Crippen LogP contribution in [0, 0.1) is 11.3 Å². The van der Waals surface area contributed by atoms with E-state index in [1.807, 2.05) is 49.4 Å². The van der Waals surface area contributed by atoms with Crippen molar-refractivity contribution < 1.29 is 14.3 Å². The Morgan fingerprint density at radius 1 is 1.03 bits per heavy atom. The van der Waals surface area contributed by atoms with Gasteiger partial charge in [0.2, 0.25) is 0 Å². The zero-order chi connectivity index (χ0) is 23.6. The summed E-state index contributed by atoms with van der Waals surface area (Å²) < 4.78 is 13.2. The lowest BCUT2D eigenvalue weighted by Gasteiger charge is -2.09. The van der Waals surface area contributed by atoms with Gasteiger partial charge in [-0.25, -0.2) is 0 Å². The van der Waals surface area contributed by atoms with E-state index in [2.05, 4.69) is 37.2 Å². The van der Waals surface area contributed by atoms with Gasteiger partial charge in [-0.2, -0.15) is 5.26 Å². The number of nitriles is 1. The van der Waals surface area contributed by atoms with Gasteiger partial charge >= 0.3 is 0 Å². The topological polar surface area (TPSA) is 71.3 Å². The fraction of sp³-hybridized carbons (Fsp3) is 0.154. The molecule has 168 valence electrons. The van der Waals surface area contributed by atoms with Crippen molar-refractivity contribution >= 4 is 49.5 Å². The van der Waals surface area contributed by atoms with Crippen LogP contribution in [0.1, 0.15) is 24.5 Å². The highest BCUT2D eigenvalue weighted by atomic mass is 79.9. The molecule has 0 heterocycles. The van der Waals surface area contributed by atoms with Gasteiger partial charge in [0.05, 0.1) is 11.1 Å². The Bertz CT molecular complexity index is 1170. The van der Waals surface area contributed by atoms with E-state index in [0.717, 1.165) is 26.7 Å². The summed E-state index contributed by atoms with van der Waals surface area (Å²) in [5.74, 6) is 0.921. The standard InChI is InChI=1S/C26H22Br2N2O3/c1-2-13-32-25-12-5-19(15-24(25)28)14-20(16-29)26(31)30-22-8-10-23(11-9-22)33-17-18-3-6-21(27)7-4-18/h3-12,14-15H,2,13,17H2,1H3,(H,30,31)/b20-14+. The first-order valence-electron chi connectivity index (χ1n) is 10.3. The number of benzene rings is 3. The maximum atomic E-state index is 12.6. The minimum atomic E-state index is -0.483. The molecular formula is C26H22Br2N2O3.